The summed E-state index contributed by atoms with van der Waals surface area (Å²) in [4.78, 5) is 23.9. The van der Waals surface area contributed by atoms with Gasteiger partial charge in [0, 0.05) is 46.7 Å². The second kappa shape index (κ2) is 15.9. The molecule has 61 heavy (non-hydrogen) atoms. The summed E-state index contributed by atoms with van der Waals surface area (Å²) < 4.78 is 9.19. The van der Waals surface area contributed by atoms with Gasteiger partial charge in [-0.05, 0) is 89.4 Å². The van der Waals surface area contributed by atoms with Gasteiger partial charge in [-0.3, -0.25) is 4.90 Å². The highest BCUT2D eigenvalue weighted by Gasteiger charge is 2.86. The van der Waals surface area contributed by atoms with Crippen molar-refractivity contribution in [1.82, 2.24) is 4.90 Å². The van der Waals surface area contributed by atoms with Gasteiger partial charge in [-0.1, -0.05) is 168 Å². The molecule has 0 radical (unpaired) electrons. The SMILES string of the molecule is C[C@H](c1ccccc1)N1C[C@@]2(ON=C(c3ccc(Cl)cc3)[C@H]2c2ccccc2Br)C2(ON=C(c3ccc(Cl)cc3)O2)[C@]2(C1)ON=C(c1ccc(Cl)cc1)[C@H]2c1ccccc1Br. The van der Waals surface area contributed by atoms with Crippen LogP contribution in [0.2, 0.25) is 15.1 Å². The van der Waals surface area contributed by atoms with Crippen LogP contribution in [0.15, 0.2) is 176 Å². The lowest BCUT2D eigenvalue weighted by atomic mass is 9.60. The van der Waals surface area contributed by atoms with Gasteiger partial charge in [0.15, 0.2) is 0 Å². The van der Waals surface area contributed by atoms with E-state index in [1.165, 1.54) is 0 Å². The van der Waals surface area contributed by atoms with Gasteiger partial charge in [-0.15, -0.1) is 0 Å². The van der Waals surface area contributed by atoms with Crippen LogP contribution >= 0.6 is 66.7 Å². The van der Waals surface area contributed by atoms with Crippen molar-refractivity contribution in [2.75, 3.05) is 13.1 Å². The number of hydrogen-bond acceptors (Lipinski definition) is 8. The van der Waals surface area contributed by atoms with Gasteiger partial charge < -0.3 is 19.2 Å². The van der Waals surface area contributed by atoms with E-state index in [0.717, 1.165) is 36.8 Å². The molecule has 4 aliphatic rings. The van der Waals surface area contributed by atoms with Crippen LogP contribution in [0.4, 0.5) is 0 Å². The highest BCUT2D eigenvalue weighted by molar-refractivity contribution is 9.10. The Labute approximate surface area is 384 Å². The molecule has 306 valence electrons. The quantitative estimate of drug-likeness (QED) is 0.159. The Morgan fingerprint density at radius 3 is 1.43 bits per heavy atom. The van der Waals surface area contributed by atoms with Gasteiger partial charge in [0.2, 0.25) is 11.2 Å². The van der Waals surface area contributed by atoms with Gasteiger partial charge in [-0.25, -0.2) is 0 Å². The summed E-state index contributed by atoms with van der Waals surface area (Å²) in [6.07, 6.45) is 0. The van der Waals surface area contributed by atoms with Crippen molar-refractivity contribution in [1.29, 1.82) is 0 Å². The van der Waals surface area contributed by atoms with E-state index in [2.05, 4.69) is 67.9 Å². The molecule has 1 fully saturated rings. The molecule has 8 nitrogen and oxygen atoms in total. The molecule has 4 heterocycles. The van der Waals surface area contributed by atoms with Crippen LogP contribution < -0.4 is 0 Å². The maximum Gasteiger partial charge on any atom is 0.366 e. The predicted molar refractivity (Wildman–Crippen MR) is 247 cm³/mol. The second-order valence-electron chi connectivity index (χ2n) is 15.5. The molecule has 0 saturated carbocycles. The van der Waals surface area contributed by atoms with E-state index in [-0.39, 0.29) is 25.0 Å². The smallest absolute Gasteiger partial charge is 0.366 e. The lowest BCUT2D eigenvalue weighted by molar-refractivity contribution is -0.383. The number of piperidine rings is 1. The van der Waals surface area contributed by atoms with E-state index in [1.54, 1.807) is 12.1 Å². The second-order valence-corrected chi connectivity index (χ2v) is 18.6. The van der Waals surface area contributed by atoms with Crippen molar-refractivity contribution >= 4 is 84.0 Å². The number of benzene rings is 6. The highest BCUT2D eigenvalue weighted by atomic mass is 79.9. The summed E-state index contributed by atoms with van der Waals surface area (Å²) in [5.41, 5.74) is 3.37. The molecule has 4 aliphatic heterocycles. The molecule has 0 aromatic heterocycles. The monoisotopic (exact) mass is 994 g/mol. The van der Waals surface area contributed by atoms with E-state index in [1.807, 2.05) is 115 Å². The van der Waals surface area contributed by atoms with E-state index in [9.17, 15) is 0 Å². The Morgan fingerprint density at radius 2 is 0.967 bits per heavy atom. The molecule has 6 aromatic carbocycles. The first-order valence-electron chi connectivity index (χ1n) is 19.7. The summed E-state index contributed by atoms with van der Waals surface area (Å²) in [5.74, 6) is -2.98. The van der Waals surface area contributed by atoms with Crippen LogP contribution in [0, 0.1) is 0 Å². The number of nitrogens with zero attached hydrogens (tertiary/aromatic N) is 4. The van der Waals surface area contributed by atoms with Crippen molar-refractivity contribution in [2.24, 2.45) is 15.5 Å². The van der Waals surface area contributed by atoms with Gasteiger partial charge >= 0.3 is 5.79 Å². The Balaban J connectivity index is 1.28. The molecule has 3 spiro atoms. The number of halogens is 5. The minimum Gasteiger partial charge on any atom is -0.423 e. The van der Waals surface area contributed by atoms with Crippen LogP contribution in [0.5, 0.6) is 0 Å². The van der Waals surface area contributed by atoms with Gasteiger partial charge in [-0.2, -0.15) is 0 Å². The summed E-state index contributed by atoms with van der Waals surface area (Å²) in [5, 5.41) is 16.7. The molecule has 6 atom stereocenters. The summed E-state index contributed by atoms with van der Waals surface area (Å²) in [7, 11) is 0. The summed E-state index contributed by atoms with van der Waals surface area (Å²) in [6, 6.07) is 48.8. The van der Waals surface area contributed by atoms with E-state index in [4.69, 9.17) is 69.5 Å². The Kier molecular flexibility index (Phi) is 10.5. The fourth-order valence-corrected chi connectivity index (χ4v) is 10.7. The molecule has 13 heteroatoms. The number of likely N-dealkylation sites (tertiary alicyclic amines) is 1. The van der Waals surface area contributed by atoms with E-state index in [0.29, 0.717) is 32.1 Å². The third kappa shape index (κ3) is 6.60. The van der Waals surface area contributed by atoms with Crippen LogP contribution in [-0.2, 0) is 19.2 Å². The molecule has 10 rings (SSSR count). The molecule has 0 aliphatic carbocycles. The Morgan fingerprint density at radius 1 is 0.541 bits per heavy atom. The van der Waals surface area contributed by atoms with E-state index < -0.39 is 28.8 Å². The molecular weight excluding hydrogens is 963 g/mol. The minimum atomic E-state index is -1.89. The zero-order valence-corrected chi connectivity index (χ0v) is 37.8. The highest BCUT2D eigenvalue weighted by Crippen LogP contribution is 2.64. The van der Waals surface area contributed by atoms with Crippen LogP contribution in [0.1, 0.15) is 58.2 Å². The summed E-state index contributed by atoms with van der Waals surface area (Å²) >= 11 is 27.3. The number of ether oxygens (including phenoxy) is 1. The molecule has 0 amide bonds. The van der Waals surface area contributed by atoms with Gasteiger partial charge in [0.05, 0.1) is 36.3 Å². The normalized spacial score (nSPS) is 26.0. The van der Waals surface area contributed by atoms with Gasteiger partial charge in [0.25, 0.3) is 5.90 Å². The molecular formula is C48H35Br2Cl3N4O4. The van der Waals surface area contributed by atoms with Crippen LogP contribution in [0.3, 0.4) is 0 Å². The van der Waals surface area contributed by atoms with Gasteiger partial charge in [0.1, 0.15) is 0 Å². The number of hydrogen-bond donors (Lipinski definition) is 0. The average molecular weight is 998 g/mol. The lowest BCUT2D eigenvalue weighted by Gasteiger charge is -2.58. The Bertz CT molecular complexity index is 2590. The molecule has 1 saturated heterocycles. The third-order valence-corrected chi connectivity index (χ3v) is 14.4. The van der Waals surface area contributed by atoms with Crippen LogP contribution in [0.25, 0.3) is 0 Å². The molecule has 0 bridgehead atoms. The van der Waals surface area contributed by atoms with Crippen molar-refractivity contribution in [3.05, 3.63) is 209 Å². The average Bonchev–Trinajstić information content (AvgIpc) is 4.00. The summed E-state index contributed by atoms with van der Waals surface area (Å²) in [6.45, 7) is 2.69. The molecule has 1 unspecified atom stereocenters. The first-order chi connectivity index (χ1) is 29.6. The number of oxime groups is 3. The maximum atomic E-state index is 7.50. The van der Waals surface area contributed by atoms with Crippen molar-refractivity contribution < 1.29 is 19.2 Å². The zero-order chi connectivity index (χ0) is 41.9. The zero-order valence-electron chi connectivity index (χ0n) is 32.4. The first kappa shape index (κ1) is 40.4. The van der Waals surface area contributed by atoms with Crippen molar-refractivity contribution in [2.45, 2.75) is 41.8 Å². The largest absolute Gasteiger partial charge is 0.423 e. The Hall–Kier alpha value is -4.68. The van der Waals surface area contributed by atoms with Crippen LogP contribution in [-0.4, -0.2) is 52.3 Å². The number of rotatable bonds is 7. The number of fused-ring (bicyclic) bond motifs is 2. The fraction of sp³-hybridized carbons (Fsp3) is 0.188. The third-order valence-electron chi connectivity index (χ3n) is 12.2. The van der Waals surface area contributed by atoms with E-state index >= 15 is 0 Å². The predicted octanol–water partition coefficient (Wildman–Crippen LogP) is 12.6. The van der Waals surface area contributed by atoms with Crippen molar-refractivity contribution in [3.8, 4) is 0 Å². The minimum absolute atomic E-state index is 0.170. The fourth-order valence-electron chi connectivity index (χ4n) is 9.30. The topological polar surface area (TPSA) is 77.2 Å². The standard InChI is InChI=1S/C48H35Br2Cl3N4O4/c1-29(30-9-3-2-4-10-30)57-27-46(41(37-11-5-7-13-39(37)49)43(54-59-46)31-15-21-34(51)22-16-31)48(58-45(56-61-48)33-19-25-36(53)26-20-33)47(28-57)42(38-12-6-8-14-40(38)50)44(55-60-47)32-17-23-35(52)24-18-32/h2-26,29,41-42H,27-28H2,1H3/t29-,41-,42-,46-,47+,48?/m1/s1. The molecule has 0 N–H and O–H groups in total. The molecule has 6 aromatic rings. The lowest BCUT2D eigenvalue weighted by Crippen LogP contribution is -2.81. The first-order valence-corrected chi connectivity index (χ1v) is 22.4. The maximum absolute atomic E-state index is 7.50. The van der Waals surface area contributed by atoms with Crippen molar-refractivity contribution in [3.63, 3.8) is 0 Å².